The van der Waals surface area contributed by atoms with Crippen molar-refractivity contribution in [3.63, 3.8) is 0 Å². The van der Waals surface area contributed by atoms with Crippen LogP contribution in [0.25, 0.3) is 28.4 Å². The molecule has 0 bridgehead atoms. The van der Waals surface area contributed by atoms with Crippen LogP contribution in [0.15, 0.2) is 69.9 Å². The van der Waals surface area contributed by atoms with Crippen molar-refractivity contribution in [1.29, 1.82) is 0 Å². The van der Waals surface area contributed by atoms with Crippen molar-refractivity contribution >= 4 is 23.0 Å². The molecule has 3 fully saturated rings. The molecule has 0 aliphatic carbocycles. The molecule has 15 atom stereocenters. The summed E-state index contributed by atoms with van der Waals surface area (Å²) in [6, 6.07) is 11.3. The van der Waals surface area contributed by atoms with E-state index in [1.54, 1.807) is 0 Å². The van der Waals surface area contributed by atoms with Crippen molar-refractivity contribution in [3.8, 4) is 45.8 Å². The number of ether oxygens (including phenoxy) is 8. The van der Waals surface area contributed by atoms with Gasteiger partial charge in [-0.15, -0.1) is 0 Å². The number of esters is 1. The van der Waals surface area contributed by atoms with E-state index in [0.29, 0.717) is 5.56 Å². The minimum absolute atomic E-state index is 0.00852. The van der Waals surface area contributed by atoms with Crippen molar-refractivity contribution in [2.45, 2.75) is 92.1 Å². The average Bonchev–Trinajstić information content (AvgIpc) is 3.32. The summed E-state index contributed by atoms with van der Waals surface area (Å²) in [6.45, 7) is -2.42. The van der Waals surface area contributed by atoms with Gasteiger partial charge in [-0.2, -0.15) is 0 Å². The molecule has 24 nitrogen and oxygen atoms in total. The number of phenols is 2. The number of fused-ring (bicyclic) bond motifs is 1. The minimum Gasteiger partial charge on any atom is -0.507 e. The quantitative estimate of drug-likeness (QED) is 0.0434. The van der Waals surface area contributed by atoms with Gasteiger partial charge >= 0.3 is 5.97 Å². The highest BCUT2D eigenvalue weighted by molar-refractivity contribution is 5.89. The summed E-state index contributed by atoms with van der Waals surface area (Å²) < 4.78 is 50.6. The number of methoxy groups -OCH3 is 1. The van der Waals surface area contributed by atoms with Crippen LogP contribution >= 0.6 is 0 Å². The van der Waals surface area contributed by atoms with E-state index in [1.165, 1.54) is 55.7 Å². The van der Waals surface area contributed by atoms with Crippen molar-refractivity contribution in [1.82, 2.24) is 0 Å². The standard InChI is InChI=1S/C43H48O24/c1-59-22-10-16(2-8-20(22)47)3-9-27(49)66-40-35(56)31(52)26(15-46)65-43(40)67-39-32(53)28-21(48)11-19(61-42-37(58)34(55)30(51)25(14-45)64-42)12-23(28)62-38(39)17-4-6-18(7-5-17)60-41-36(57)33(54)29(50)24(13-44)63-41/h2-12,24-26,29-31,33-37,40-48,50-52,54-58H,13-15H2,1H3/b9-3+/t24-,25-,26-,29-,30-,31-,33+,34+,35+,36-,37-,40-,41-,42-,43+/m1/s1. The number of rotatable bonds is 14. The molecular formula is C43H48O24. The van der Waals surface area contributed by atoms with E-state index in [4.69, 9.17) is 42.3 Å². The van der Waals surface area contributed by atoms with E-state index in [9.17, 15) is 76.0 Å². The van der Waals surface area contributed by atoms with Gasteiger partial charge in [-0.05, 0) is 48.0 Å². The fourth-order valence-corrected chi connectivity index (χ4v) is 7.43. The molecule has 0 radical (unpaired) electrons. The Morgan fingerprint density at radius 1 is 0.627 bits per heavy atom. The lowest BCUT2D eigenvalue weighted by Crippen LogP contribution is -2.61. The number of carbonyl (C=O) groups excluding carboxylic acids is 1. The maximum atomic E-state index is 14.5. The average molecular weight is 949 g/mol. The first kappa shape index (κ1) is 49.2. The molecule has 3 aliphatic rings. The second-order valence-electron chi connectivity index (χ2n) is 15.6. The molecule has 0 amide bonds. The second kappa shape index (κ2) is 20.7. The third-order valence-corrected chi connectivity index (χ3v) is 11.2. The third-order valence-electron chi connectivity index (χ3n) is 11.2. The molecule has 0 saturated carbocycles. The van der Waals surface area contributed by atoms with Gasteiger partial charge in [-0.1, -0.05) is 6.07 Å². The van der Waals surface area contributed by atoms with Crippen LogP contribution in [-0.2, 0) is 23.7 Å². The van der Waals surface area contributed by atoms with Crippen LogP contribution in [0.5, 0.6) is 34.5 Å². The molecule has 0 unspecified atom stereocenters. The summed E-state index contributed by atoms with van der Waals surface area (Å²) in [7, 11) is 1.31. The molecule has 4 aromatic rings. The molecule has 364 valence electrons. The van der Waals surface area contributed by atoms with Gasteiger partial charge in [0.25, 0.3) is 0 Å². The van der Waals surface area contributed by atoms with Crippen LogP contribution in [0.4, 0.5) is 0 Å². The normalized spacial score (nSPS) is 32.2. The summed E-state index contributed by atoms with van der Waals surface area (Å²) >= 11 is 0. The number of aromatic hydroxyl groups is 2. The third kappa shape index (κ3) is 10.1. The zero-order valence-corrected chi connectivity index (χ0v) is 34.9. The van der Waals surface area contributed by atoms with Crippen LogP contribution in [0.1, 0.15) is 5.56 Å². The maximum Gasteiger partial charge on any atom is 0.331 e. The summed E-state index contributed by atoms with van der Waals surface area (Å²) in [5.74, 6) is -3.64. The number of carbonyl (C=O) groups is 1. The van der Waals surface area contributed by atoms with Gasteiger partial charge in [-0.25, -0.2) is 4.79 Å². The molecule has 67 heavy (non-hydrogen) atoms. The maximum absolute atomic E-state index is 14.5. The number of benzene rings is 3. The Kier molecular flexibility index (Phi) is 15.2. The lowest BCUT2D eigenvalue weighted by atomic mass is 9.99. The molecule has 7 rings (SSSR count). The number of aliphatic hydroxyl groups is 11. The van der Waals surface area contributed by atoms with Gasteiger partial charge in [0, 0.05) is 23.8 Å². The van der Waals surface area contributed by atoms with E-state index in [-0.39, 0.29) is 28.6 Å². The van der Waals surface area contributed by atoms with Crippen LogP contribution < -0.4 is 24.4 Å². The van der Waals surface area contributed by atoms with E-state index < -0.39 is 152 Å². The molecule has 0 spiro atoms. The SMILES string of the molecule is COc1cc(/C=C/C(=O)O[C@H]2[C@H](Oc3c(-c4ccc(O[C@@H]5O[C@H](CO)[C@@H](O)[C@H](O)[C@H]5O)cc4)oc4cc(O[C@@H]5O[C@H](CO)[C@@H](O)[C@H](O)[C@H]5O)cc(O)c4c3=O)O[C@H](CO)[C@@H](O)[C@@H]2O)ccc1O. The number of phenolic OH excluding ortho intramolecular Hbond substituents is 2. The number of hydrogen-bond donors (Lipinski definition) is 13. The highest BCUT2D eigenvalue weighted by Crippen LogP contribution is 2.39. The second-order valence-corrected chi connectivity index (χ2v) is 15.6. The van der Waals surface area contributed by atoms with Crippen LogP contribution in [-0.4, -0.2) is 191 Å². The Balaban J connectivity index is 1.26. The molecule has 4 heterocycles. The molecule has 3 aromatic carbocycles. The Hall–Kier alpha value is -5.68. The smallest absolute Gasteiger partial charge is 0.331 e. The molecule has 13 N–H and O–H groups in total. The number of aliphatic hydroxyl groups excluding tert-OH is 11. The monoisotopic (exact) mass is 948 g/mol. The molecular weight excluding hydrogens is 900 g/mol. The van der Waals surface area contributed by atoms with Gasteiger partial charge in [0.1, 0.15) is 95.4 Å². The van der Waals surface area contributed by atoms with Gasteiger partial charge in [-0.3, -0.25) is 4.79 Å². The van der Waals surface area contributed by atoms with E-state index >= 15 is 0 Å². The van der Waals surface area contributed by atoms with E-state index in [1.807, 2.05) is 0 Å². The number of hydrogen-bond acceptors (Lipinski definition) is 24. The van der Waals surface area contributed by atoms with Crippen LogP contribution in [0.2, 0.25) is 0 Å². The summed E-state index contributed by atoms with van der Waals surface area (Å²) in [5.41, 5.74) is -1.19. The van der Waals surface area contributed by atoms with E-state index in [2.05, 4.69) is 0 Å². The fourth-order valence-electron chi connectivity index (χ4n) is 7.43. The summed E-state index contributed by atoms with van der Waals surface area (Å²) in [5, 5.41) is 134. The van der Waals surface area contributed by atoms with Crippen molar-refractivity contribution in [3.05, 3.63) is 76.5 Å². The topological polar surface area (TPSA) is 384 Å². The van der Waals surface area contributed by atoms with Gasteiger partial charge in [0.05, 0.1) is 26.9 Å². The first-order chi connectivity index (χ1) is 32.0. The van der Waals surface area contributed by atoms with E-state index in [0.717, 1.165) is 18.2 Å². The fraction of sp³-hybridized carbons (Fsp3) is 0.442. The first-order valence-corrected chi connectivity index (χ1v) is 20.4. The predicted molar refractivity (Wildman–Crippen MR) is 220 cm³/mol. The van der Waals surface area contributed by atoms with Gasteiger partial charge in [0.2, 0.25) is 30.0 Å². The zero-order chi connectivity index (χ0) is 48.4. The Labute approximate surface area is 377 Å². The summed E-state index contributed by atoms with van der Waals surface area (Å²) in [4.78, 5) is 27.7. The van der Waals surface area contributed by atoms with Gasteiger partial charge < -0.3 is 109 Å². The van der Waals surface area contributed by atoms with Crippen LogP contribution in [0.3, 0.4) is 0 Å². The first-order valence-electron chi connectivity index (χ1n) is 20.4. The Morgan fingerprint density at radius 2 is 1.18 bits per heavy atom. The van der Waals surface area contributed by atoms with Crippen molar-refractivity contribution in [2.24, 2.45) is 0 Å². The van der Waals surface area contributed by atoms with Crippen LogP contribution in [0, 0.1) is 0 Å². The highest BCUT2D eigenvalue weighted by Gasteiger charge is 2.49. The zero-order valence-electron chi connectivity index (χ0n) is 34.9. The lowest BCUT2D eigenvalue weighted by Gasteiger charge is -2.41. The predicted octanol–water partition coefficient (Wildman–Crippen LogP) is -3.32. The van der Waals surface area contributed by atoms with Crippen molar-refractivity contribution in [2.75, 3.05) is 26.9 Å². The Morgan fingerprint density at radius 3 is 1.75 bits per heavy atom. The Bertz CT molecular complexity index is 2440. The molecule has 24 heteroatoms. The lowest BCUT2D eigenvalue weighted by molar-refractivity contribution is -0.281. The largest absolute Gasteiger partial charge is 0.507 e. The highest BCUT2D eigenvalue weighted by atomic mass is 16.7. The molecule has 3 aliphatic heterocycles. The summed E-state index contributed by atoms with van der Waals surface area (Å²) in [6.07, 6.45) is -23.9. The van der Waals surface area contributed by atoms with Gasteiger partial charge in [0.15, 0.2) is 23.4 Å². The molecule has 1 aromatic heterocycles. The molecule has 3 saturated heterocycles. The van der Waals surface area contributed by atoms with Crippen molar-refractivity contribution < 1.29 is 113 Å². The minimum atomic E-state index is -2.02.